The third-order valence-electron chi connectivity index (χ3n) is 2.80. The van der Waals surface area contributed by atoms with E-state index in [-0.39, 0.29) is 0 Å². The number of rotatable bonds is 0. The molecule has 0 N–H and O–H groups in total. The van der Waals surface area contributed by atoms with E-state index in [2.05, 4.69) is 60.5 Å². The van der Waals surface area contributed by atoms with Crippen molar-refractivity contribution in [3.8, 4) is 0 Å². The normalized spacial score (nSPS) is 13.3. The Morgan fingerprint density at radius 1 is 0.800 bits per heavy atom. The maximum atomic E-state index is 2.28. The second kappa shape index (κ2) is 3.24. The number of hydrogen-bond acceptors (Lipinski definition) is 1. The quantitative estimate of drug-likeness (QED) is 0.593. The van der Waals surface area contributed by atoms with Crippen LogP contribution in [0.1, 0.15) is 0 Å². The van der Waals surface area contributed by atoms with Crippen molar-refractivity contribution in [2.45, 2.75) is 0 Å². The molecule has 0 fully saturated rings. The van der Waals surface area contributed by atoms with Crippen molar-refractivity contribution in [3.63, 3.8) is 0 Å². The van der Waals surface area contributed by atoms with Gasteiger partial charge >= 0.3 is 0 Å². The number of hydrogen-bond donors (Lipinski definition) is 0. The van der Waals surface area contributed by atoms with Gasteiger partial charge < -0.3 is 4.90 Å². The van der Waals surface area contributed by atoms with Gasteiger partial charge in [-0.1, -0.05) is 36.4 Å². The first-order chi connectivity index (χ1) is 7.36. The third kappa shape index (κ3) is 1.29. The van der Waals surface area contributed by atoms with Gasteiger partial charge in [-0.2, -0.15) is 0 Å². The van der Waals surface area contributed by atoms with Crippen LogP contribution in [0.15, 0.2) is 48.5 Å². The van der Waals surface area contributed by atoms with Gasteiger partial charge in [0, 0.05) is 18.4 Å². The second-order valence-corrected chi connectivity index (χ2v) is 5.05. The van der Waals surface area contributed by atoms with Crippen LogP contribution in [0.4, 0.5) is 11.4 Å². The van der Waals surface area contributed by atoms with Gasteiger partial charge in [0.15, 0.2) is 0 Å². The van der Waals surface area contributed by atoms with Crippen LogP contribution in [0.25, 0.3) is 0 Å². The Labute approximate surface area is 92.2 Å². The predicted octanol–water partition coefficient (Wildman–Crippen LogP) is 1.42. The summed E-state index contributed by atoms with van der Waals surface area (Å²) in [5.41, 5.74) is 2.68. The van der Waals surface area contributed by atoms with Crippen molar-refractivity contribution in [1.29, 1.82) is 0 Å². The van der Waals surface area contributed by atoms with Gasteiger partial charge in [0.25, 0.3) is 0 Å². The molecule has 0 saturated heterocycles. The molecule has 0 unspecified atom stereocenters. The second-order valence-electron chi connectivity index (χ2n) is 3.72. The average Bonchev–Trinajstić information content (AvgIpc) is 2.30. The molecule has 2 heteroatoms. The SMILES string of the molecule is CN1c2ccccc2[Si]c2ccccc21. The van der Waals surface area contributed by atoms with Gasteiger partial charge in [-0.15, -0.1) is 0 Å². The van der Waals surface area contributed by atoms with Crippen molar-refractivity contribution in [2.24, 2.45) is 0 Å². The average molecular weight is 209 g/mol. The lowest BCUT2D eigenvalue weighted by molar-refractivity contribution is 1.22. The largest absolute Gasteiger partial charge is 0.345 e. The molecule has 2 aromatic carbocycles. The van der Waals surface area contributed by atoms with E-state index in [9.17, 15) is 0 Å². The minimum Gasteiger partial charge on any atom is -0.345 e. The van der Waals surface area contributed by atoms with Gasteiger partial charge in [-0.3, -0.25) is 0 Å². The molecule has 1 aliphatic rings. The van der Waals surface area contributed by atoms with E-state index in [1.165, 1.54) is 21.7 Å². The first kappa shape index (κ1) is 8.74. The molecule has 0 aliphatic carbocycles. The summed E-state index contributed by atoms with van der Waals surface area (Å²) in [5.74, 6) is 0. The maximum absolute atomic E-state index is 2.28. The molecule has 0 aromatic heterocycles. The molecule has 1 nitrogen and oxygen atoms in total. The fraction of sp³-hybridized carbons (Fsp3) is 0.0769. The monoisotopic (exact) mass is 209 g/mol. The van der Waals surface area contributed by atoms with E-state index in [0.717, 1.165) is 9.52 Å². The van der Waals surface area contributed by atoms with Gasteiger partial charge in [0.1, 0.15) is 9.52 Å². The van der Waals surface area contributed by atoms with Crippen molar-refractivity contribution in [3.05, 3.63) is 48.5 Å². The molecule has 0 bridgehead atoms. The number of fused-ring (bicyclic) bond motifs is 2. The molecule has 72 valence electrons. The van der Waals surface area contributed by atoms with E-state index >= 15 is 0 Å². The van der Waals surface area contributed by atoms with Crippen LogP contribution in [0.2, 0.25) is 0 Å². The topological polar surface area (TPSA) is 3.24 Å². The fourth-order valence-corrected chi connectivity index (χ4v) is 3.43. The first-order valence-electron chi connectivity index (χ1n) is 5.05. The Balaban J connectivity index is 2.20. The van der Waals surface area contributed by atoms with Crippen molar-refractivity contribution < 1.29 is 0 Å². The van der Waals surface area contributed by atoms with E-state index in [1.54, 1.807) is 0 Å². The minimum absolute atomic E-state index is 0.788. The zero-order valence-electron chi connectivity index (χ0n) is 8.57. The van der Waals surface area contributed by atoms with Crippen LogP contribution in [0.3, 0.4) is 0 Å². The fourth-order valence-electron chi connectivity index (χ4n) is 2.02. The van der Waals surface area contributed by atoms with Crippen LogP contribution in [0.5, 0.6) is 0 Å². The molecule has 0 amide bonds. The Kier molecular flexibility index (Phi) is 1.89. The van der Waals surface area contributed by atoms with Crippen LogP contribution >= 0.6 is 0 Å². The number of para-hydroxylation sites is 2. The standard InChI is InChI=1S/C13H11NSi/c1-14-10-6-2-4-8-12(10)15-13-9-5-3-7-11(13)14/h2-9H,1H3. The predicted molar refractivity (Wildman–Crippen MR) is 66.0 cm³/mol. The third-order valence-corrected chi connectivity index (χ3v) is 4.18. The molecular formula is C13H11NSi. The molecule has 15 heavy (non-hydrogen) atoms. The summed E-state index contributed by atoms with van der Waals surface area (Å²) in [6, 6.07) is 17.3. The number of anilines is 2. The zero-order valence-corrected chi connectivity index (χ0v) is 9.57. The van der Waals surface area contributed by atoms with Gasteiger partial charge in [0.05, 0.1) is 0 Å². The van der Waals surface area contributed by atoms with E-state index < -0.39 is 0 Å². The lowest BCUT2D eigenvalue weighted by Crippen LogP contribution is -2.39. The highest BCUT2D eigenvalue weighted by atomic mass is 28.2. The summed E-state index contributed by atoms with van der Waals surface area (Å²) >= 11 is 0. The van der Waals surface area contributed by atoms with Crippen LogP contribution in [0, 0.1) is 0 Å². The number of nitrogens with zero attached hydrogens (tertiary/aromatic N) is 1. The summed E-state index contributed by atoms with van der Waals surface area (Å²) in [4.78, 5) is 2.28. The lowest BCUT2D eigenvalue weighted by atomic mass is 10.2. The summed E-state index contributed by atoms with van der Waals surface area (Å²) in [5, 5.41) is 2.89. The smallest absolute Gasteiger partial charge is 0.127 e. The van der Waals surface area contributed by atoms with Crippen LogP contribution in [-0.4, -0.2) is 16.6 Å². The van der Waals surface area contributed by atoms with Crippen LogP contribution in [-0.2, 0) is 0 Å². The zero-order chi connectivity index (χ0) is 10.3. The summed E-state index contributed by atoms with van der Waals surface area (Å²) in [6.07, 6.45) is 0. The molecule has 0 spiro atoms. The Bertz CT molecular complexity index is 462. The first-order valence-corrected chi connectivity index (χ1v) is 6.05. The lowest BCUT2D eigenvalue weighted by Gasteiger charge is -2.29. The highest BCUT2D eigenvalue weighted by molar-refractivity contribution is 6.71. The molecule has 2 radical (unpaired) electrons. The minimum atomic E-state index is 0.788. The molecule has 0 atom stereocenters. The molecule has 3 rings (SSSR count). The van der Waals surface area contributed by atoms with E-state index in [4.69, 9.17) is 0 Å². The van der Waals surface area contributed by atoms with E-state index in [1.807, 2.05) is 0 Å². The Hall–Kier alpha value is -1.54. The maximum Gasteiger partial charge on any atom is 0.127 e. The molecule has 1 aliphatic heterocycles. The van der Waals surface area contributed by atoms with Crippen molar-refractivity contribution in [2.75, 3.05) is 11.9 Å². The summed E-state index contributed by atoms with van der Waals surface area (Å²) in [6.45, 7) is 0. The molecule has 0 saturated carbocycles. The number of benzene rings is 2. The van der Waals surface area contributed by atoms with Gasteiger partial charge in [-0.25, -0.2) is 0 Å². The molecule has 2 aromatic rings. The van der Waals surface area contributed by atoms with E-state index in [0.29, 0.717) is 0 Å². The highest BCUT2D eigenvalue weighted by Crippen LogP contribution is 2.22. The van der Waals surface area contributed by atoms with Crippen molar-refractivity contribution in [1.82, 2.24) is 0 Å². The molecular weight excluding hydrogens is 198 g/mol. The van der Waals surface area contributed by atoms with Gasteiger partial charge in [0.2, 0.25) is 0 Å². The highest BCUT2D eigenvalue weighted by Gasteiger charge is 2.18. The molecule has 1 heterocycles. The Morgan fingerprint density at radius 3 is 1.80 bits per heavy atom. The van der Waals surface area contributed by atoms with Crippen molar-refractivity contribution >= 4 is 31.3 Å². The summed E-state index contributed by atoms with van der Waals surface area (Å²) in [7, 11) is 2.93. The van der Waals surface area contributed by atoms with Gasteiger partial charge in [-0.05, 0) is 22.5 Å². The van der Waals surface area contributed by atoms with Crippen LogP contribution < -0.4 is 15.3 Å². The Morgan fingerprint density at radius 2 is 1.27 bits per heavy atom. The summed E-state index contributed by atoms with van der Waals surface area (Å²) < 4.78 is 0.